The van der Waals surface area contributed by atoms with Crippen LogP contribution in [0.3, 0.4) is 0 Å². The molecule has 3 N–H and O–H groups in total. The van der Waals surface area contributed by atoms with E-state index in [2.05, 4.69) is 5.32 Å². The topological polar surface area (TPSA) is 88.0 Å². The van der Waals surface area contributed by atoms with Gasteiger partial charge in [-0.3, -0.25) is 4.79 Å². The predicted molar refractivity (Wildman–Crippen MR) is 71.3 cm³/mol. The molecule has 0 saturated carbocycles. The van der Waals surface area contributed by atoms with E-state index in [1.807, 2.05) is 0 Å². The Balaban J connectivity index is 2.79. The van der Waals surface area contributed by atoms with Crippen LogP contribution in [0.1, 0.15) is 6.42 Å². The lowest BCUT2D eigenvalue weighted by Crippen LogP contribution is -2.22. The first kappa shape index (κ1) is 15.4. The summed E-state index contributed by atoms with van der Waals surface area (Å²) in [6, 6.07) is 3.20. The molecule has 19 heavy (non-hydrogen) atoms. The van der Waals surface area contributed by atoms with Crippen molar-refractivity contribution >= 4 is 23.3 Å². The Morgan fingerprint density at radius 1 is 1.37 bits per heavy atom. The van der Waals surface area contributed by atoms with Crippen molar-refractivity contribution in [3.05, 3.63) is 17.2 Å². The summed E-state index contributed by atoms with van der Waals surface area (Å²) in [5, 5.41) is 21.3. The van der Waals surface area contributed by atoms with Crippen LogP contribution in [0.15, 0.2) is 12.1 Å². The van der Waals surface area contributed by atoms with Crippen LogP contribution >= 0.6 is 11.6 Å². The molecular weight excluding hydrogens is 274 g/mol. The predicted octanol–water partition coefficient (Wildman–Crippen LogP) is 1.60. The number of carboxylic acids is 1. The number of aliphatic carboxylic acids is 1. The van der Waals surface area contributed by atoms with Gasteiger partial charge in [0, 0.05) is 18.7 Å². The average molecular weight is 290 g/mol. The highest BCUT2D eigenvalue weighted by Gasteiger charge is 2.13. The quantitative estimate of drug-likeness (QED) is 0.707. The molecule has 1 aromatic carbocycles. The molecule has 1 atom stereocenters. The minimum Gasteiger partial charge on any atom is -0.495 e. The van der Waals surface area contributed by atoms with Crippen molar-refractivity contribution in [1.29, 1.82) is 0 Å². The van der Waals surface area contributed by atoms with Crippen LogP contribution < -0.4 is 14.8 Å². The molecule has 0 aromatic heterocycles. The number of rotatable bonds is 7. The third-order valence-corrected chi connectivity index (χ3v) is 2.71. The second-order valence-electron chi connectivity index (χ2n) is 3.82. The highest BCUT2D eigenvalue weighted by molar-refractivity contribution is 6.32. The summed E-state index contributed by atoms with van der Waals surface area (Å²) in [7, 11) is 2.97. The molecule has 1 aromatic rings. The van der Waals surface area contributed by atoms with Gasteiger partial charge in [0.2, 0.25) is 0 Å². The number of carbonyl (C=O) groups is 1. The molecule has 1 unspecified atom stereocenters. The maximum Gasteiger partial charge on any atom is 0.306 e. The van der Waals surface area contributed by atoms with Crippen molar-refractivity contribution in [1.82, 2.24) is 0 Å². The number of aliphatic hydroxyl groups excluding tert-OH is 1. The Labute approximate surface area is 115 Å². The Hall–Kier alpha value is -1.66. The zero-order valence-corrected chi connectivity index (χ0v) is 11.4. The van der Waals surface area contributed by atoms with E-state index in [0.29, 0.717) is 22.2 Å². The molecule has 0 aliphatic carbocycles. The molecule has 0 aliphatic rings. The van der Waals surface area contributed by atoms with Crippen molar-refractivity contribution in [3.8, 4) is 11.5 Å². The first-order chi connectivity index (χ1) is 8.97. The smallest absolute Gasteiger partial charge is 0.306 e. The van der Waals surface area contributed by atoms with Gasteiger partial charge in [0.15, 0.2) is 0 Å². The van der Waals surface area contributed by atoms with Gasteiger partial charge < -0.3 is 25.0 Å². The van der Waals surface area contributed by atoms with E-state index in [4.69, 9.17) is 26.2 Å². The lowest BCUT2D eigenvalue weighted by atomic mass is 10.2. The van der Waals surface area contributed by atoms with Gasteiger partial charge in [-0.2, -0.15) is 0 Å². The van der Waals surface area contributed by atoms with E-state index in [9.17, 15) is 9.90 Å². The van der Waals surface area contributed by atoms with Crippen molar-refractivity contribution in [2.75, 3.05) is 26.1 Å². The van der Waals surface area contributed by atoms with Crippen LogP contribution in [0.5, 0.6) is 11.5 Å². The van der Waals surface area contributed by atoms with Crippen LogP contribution in [0.4, 0.5) is 5.69 Å². The molecule has 6 nitrogen and oxygen atoms in total. The summed E-state index contributed by atoms with van der Waals surface area (Å²) < 4.78 is 10.2. The van der Waals surface area contributed by atoms with E-state index in [1.54, 1.807) is 12.1 Å². The first-order valence-electron chi connectivity index (χ1n) is 5.53. The molecule has 0 bridgehead atoms. The number of hydrogen-bond donors (Lipinski definition) is 3. The summed E-state index contributed by atoms with van der Waals surface area (Å²) in [6.45, 7) is 0.0768. The van der Waals surface area contributed by atoms with E-state index in [-0.39, 0.29) is 13.0 Å². The lowest BCUT2D eigenvalue weighted by molar-refractivity contribution is -0.138. The van der Waals surface area contributed by atoms with Crippen LogP contribution in [0.25, 0.3) is 0 Å². The highest BCUT2D eigenvalue weighted by atomic mass is 35.5. The summed E-state index contributed by atoms with van der Waals surface area (Å²) in [6.07, 6.45) is -1.33. The number of anilines is 1. The van der Waals surface area contributed by atoms with Crippen LogP contribution in [0.2, 0.25) is 5.02 Å². The second kappa shape index (κ2) is 7.06. The van der Waals surface area contributed by atoms with Gasteiger partial charge >= 0.3 is 5.97 Å². The van der Waals surface area contributed by atoms with Crippen LogP contribution in [-0.2, 0) is 4.79 Å². The van der Waals surface area contributed by atoms with Gasteiger partial charge in [0.1, 0.15) is 11.5 Å². The van der Waals surface area contributed by atoms with Crippen LogP contribution in [-0.4, -0.2) is 43.1 Å². The fourth-order valence-corrected chi connectivity index (χ4v) is 1.73. The monoisotopic (exact) mass is 289 g/mol. The van der Waals surface area contributed by atoms with Crippen molar-refractivity contribution in [3.63, 3.8) is 0 Å². The van der Waals surface area contributed by atoms with Gasteiger partial charge in [-0.25, -0.2) is 0 Å². The molecule has 0 saturated heterocycles. The number of halogens is 1. The Morgan fingerprint density at radius 3 is 2.53 bits per heavy atom. The van der Waals surface area contributed by atoms with Gasteiger partial charge in [0.25, 0.3) is 0 Å². The third-order valence-electron chi connectivity index (χ3n) is 2.41. The summed E-state index contributed by atoms with van der Waals surface area (Å²) in [5.41, 5.74) is 0.563. The SMILES string of the molecule is COc1cc(NCC(O)CC(=O)O)c(OC)cc1Cl. The number of carboxylic acid groups (broad SMARTS) is 1. The molecular formula is C12H16ClNO5. The molecule has 0 radical (unpaired) electrons. The summed E-state index contributed by atoms with van der Waals surface area (Å²) in [4.78, 5) is 10.4. The average Bonchev–Trinajstić information content (AvgIpc) is 2.35. The fraction of sp³-hybridized carbons (Fsp3) is 0.417. The molecule has 0 heterocycles. The summed E-state index contributed by atoms with van der Waals surface area (Å²) in [5.74, 6) is -0.124. The number of nitrogens with one attached hydrogen (secondary N) is 1. The zero-order valence-electron chi connectivity index (χ0n) is 10.6. The fourth-order valence-electron chi connectivity index (χ4n) is 1.50. The van der Waals surface area contributed by atoms with Crippen LogP contribution in [0, 0.1) is 0 Å². The Bertz CT molecular complexity index is 452. The number of methoxy groups -OCH3 is 2. The van der Waals surface area contributed by atoms with E-state index < -0.39 is 12.1 Å². The highest BCUT2D eigenvalue weighted by Crippen LogP contribution is 2.35. The van der Waals surface area contributed by atoms with Gasteiger partial charge in [-0.05, 0) is 0 Å². The minimum atomic E-state index is -1.06. The van der Waals surface area contributed by atoms with Gasteiger partial charge in [-0.15, -0.1) is 0 Å². The minimum absolute atomic E-state index is 0.0768. The molecule has 1 rings (SSSR count). The van der Waals surface area contributed by atoms with E-state index in [0.717, 1.165) is 0 Å². The standard InChI is InChI=1S/C12H16ClNO5/c1-18-10-5-9(11(19-2)4-8(10)13)14-6-7(15)3-12(16)17/h4-5,7,14-15H,3,6H2,1-2H3,(H,16,17). The number of hydrogen-bond acceptors (Lipinski definition) is 5. The molecule has 0 fully saturated rings. The molecule has 0 amide bonds. The van der Waals surface area contributed by atoms with Crippen molar-refractivity contribution in [2.24, 2.45) is 0 Å². The molecule has 0 spiro atoms. The second-order valence-corrected chi connectivity index (χ2v) is 4.23. The van der Waals surface area contributed by atoms with Crippen molar-refractivity contribution in [2.45, 2.75) is 12.5 Å². The Kier molecular flexibility index (Phi) is 5.72. The molecule has 7 heteroatoms. The third kappa shape index (κ3) is 4.50. The van der Waals surface area contributed by atoms with Gasteiger partial charge in [-0.1, -0.05) is 11.6 Å². The largest absolute Gasteiger partial charge is 0.495 e. The van der Waals surface area contributed by atoms with Gasteiger partial charge in [0.05, 0.1) is 37.5 Å². The first-order valence-corrected chi connectivity index (χ1v) is 5.91. The normalized spacial score (nSPS) is 11.8. The maximum atomic E-state index is 10.4. The lowest BCUT2D eigenvalue weighted by Gasteiger charge is -2.15. The van der Waals surface area contributed by atoms with Crippen molar-refractivity contribution < 1.29 is 24.5 Å². The number of ether oxygens (including phenoxy) is 2. The molecule has 0 aliphatic heterocycles. The zero-order chi connectivity index (χ0) is 14.4. The Morgan fingerprint density at radius 2 is 2.00 bits per heavy atom. The molecule has 106 valence electrons. The van der Waals surface area contributed by atoms with E-state index in [1.165, 1.54) is 14.2 Å². The van der Waals surface area contributed by atoms with E-state index >= 15 is 0 Å². The maximum absolute atomic E-state index is 10.4. The number of aliphatic hydroxyl groups is 1. The summed E-state index contributed by atoms with van der Waals surface area (Å²) >= 11 is 5.95. The number of benzene rings is 1.